The summed E-state index contributed by atoms with van der Waals surface area (Å²) in [7, 11) is 0. The van der Waals surface area contributed by atoms with Gasteiger partial charge in [0.1, 0.15) is 0 Å². The van der Waals surface area contributed by atoms with Crippen molar-refractivity contribution < 1.29 is 9.59 Å². The topological polar surface area (TPSA) is 46.2 Å². The molecule has 1 aliphatic heterocycles. The van der Waals surface area contributed by atoms with Gasteiger partial charge in [-0.2, -0.15) is 0 Å². The maximum Gasteiger partial charge on any atom is 0.228 e. The average molecular weight is 139 g/mol. The van der Waals surface area contributed by atoms with E-state index < -0.39 is 0 Å². The second kappa shape index (κ2) is 2.25. The van der Waals surface area contributed by atoms with Crippen LogP contribution in [-0.2, 0) is 9.59 Å². The number of allylic oxidation sites excluding steroid dienone is 1. The summed E-state index contributed by atoms with van der Waals surface area (Å²) >= 11 is 0. The minimum atomic E-state index is -0.0808. The van der Waals surface area contributed by atoms with Gasteiger partial charge >= 0.3 is 0 Å². The van der Waals surface area contributed by atoms with E-state index in [1.807, 2.05) is 0 Å². The molecule has 0 aromatic rings. The zero-order valence-electron chi connectivity index (χ0n) is 6.02. The molecule has 1 heterocycles. The summed E-state index contributed by atoms with van der Waals surface area (Å²) in [4.78, 5) is 21.4. The lowest BCUT2D eigenvalue weighted by Gasteiger charge is -1.92. The molecule has 3 heteroatoms. The first-order valence-corrected chi connectivity index (χ1v) is 3.12. The van der Waals surface area contributed by atoms with Crippen molar-refractivity contribution in [2.75, 3.05) is 0 Å². The van der Waals surface area contributed by atoms with Crippen LogP contribution in [0.5, 0.6) is 0 Å². The maximum absolute atomic E-state index is 10.8. The van der Waals surface area contributed by atoms with E-state index in [1.165, 1.54) is 6.92 Å². The van der Waals surface area contributed by atoms with Gasteiger partial charge < -0.3 is 5.32 Å². The highest BCUT2D eigenvalue weighted by molar-refractivity contribution is 6.02. The van der Waals surface area contributed by atoms with Crippen LogP contribution < -0.4 is 5.32 Å². The van der Waals surface area contributed by atoms with Crippen molar-refractivity contribution in [3.63, 3.8) is 0 Å². The quantitative estimate of drug-likeness (QED) is 0.570. The van der Waals surface area contributed by atoms with E-state index in [4.69, 9.17) is 0 Å². The highest BCUT2D eigenvalue weighted by Gasteiger charge is 2.20. The molecule has 54 valence electrons. The number of rotatable bonds is 1. The normalized spacial score (nSPS) is 17.6. The van der Waals surface area contributed by atoms with Crippen LogP contribution in [0.3, 0.4) is 0 Å². The molecule has 1 amide bonds. The average Bonchev–Trinajstić information content (AvgIpc) is 2.10. The number of carbonyl (C=O) groups is 2. The summed E-state index contributed by atoms with van der Waals surface area (Å²) in [5.74, 6) is -0.0986. The van der Waals surface area contributed by atoms with E-state index in [9.17, 15) is 9.59 Å². The Kier molecular flexibility index (Phi) is 1.57. The highest BCUT2D eigenvalue weighted by atomic mass is 16.2. The van der Waals surface area contributed by atoms with Crippen molar-refractivity contribution in [2.45, 2.75) is 20.3 Å². The molecule has 0 unspecified atom stereocenters. The molecular weight excluding hydrogens is 130 g/mol. The second-order valence-electron chi connectivity index (χ2n) is 2.38. The Morgan fingerprint density at radius 3 is 2.40 bits per heavy atom. The number of ketones is 1. The van der Waals surface area contributed by atoms with Gasteiger partial charge in [0.05, 0.1) is 6.42 Å². The number of carbonyl (C=O) groups excluding carboxylic acids is 2. The SMILES string of the molecule is CC(=O)C1=C(C)NC(=O)C1. The van der Waals surface area contributed by atoms with E-state index >= 15 is 0 Å². The Morgan fingerprint density at radius 2 is 2.20 bits per heavy atom. The largest absolute Gasteiger partial charge is 0.329 e. The smallest absolute Gasteiger partial charge is 0.228 e. The van der Waals surface area contributed by atoms with E-state index in [2.05, 4.69) is 5.32 Å². The molecule has 0 aromatic carbocycles. The van der Waals surface area contributed by atoms with E-state index in [0.717, 1.165) is 0 Å². The predicted octanol–water partition coefficient (Wildman–Crippen LogP) is 0.369. The standard InChI is InChI=1S/C7H9NO2/c1-4-6(5(2)9)3-7(10)8-4/h3H2,1-2H3,(H,8,10). The van der Waals surface area contributed by atoms with E-state index in [0.29, 0.717) is 11.3 Å². The summed E-state index contributed by atoms with van der Waals surface area (Å²) in [5, 5.41) is 2.57. The summed E-state index contributed by atoms with van der Waals surface area (Å²) in [6, 6.07) is 0. The van der Waals surface area contributed by atoms with Crippen molar-refractivity contribution >= 4 is 11.7 Å². The highest BCUT2D eigenvalue weighted by Crippen LogP contribution is 2.13. The fraction of sp³-hybridized carbons (Fsp3) is 0.429. The summed E-state index contributed by atoms with van der Waals surface area (Å²) in [6.45, 7) is 3.21. The fourth-order valence-corrected chi connectivity index (χ4v) is 1.01. The van der Waals surface area contributed by atoms with Crippen molar-refractivity contribution in [2.24, 2.45) is 0 Å². The molecule has 0 radical (unpaired) electrons. The van der Waals surface area contributed by atoms with Crippen molar-refractivity contribution in [3.05, 3.63) is 11.3 Å². The zero-order valence-corrected chi connectivity index (χ0v) is 6.02. The van der Waals surface area contributed by atoms with Gasteiger partial charge in [-0.3, -0.25) is 9.59 Å². The molecular formula is C7H9NO2. The Labute approximate surface area is 59.1 Å². The van der Waals surface area contributed by atoms with Gasteiger partial charge in [0.2, 0.25) is 5.91 Å². The van der Waals surface area contributed by atoms with Gasteiger partial charge in [-0.25, -0.2) is 0 Å². The Hall–Kier alpha value is -1.12. The Balaban J connectivity index is 2.86. The summed E-state index contributed by atoms with van der Waals surface area (Å²) in [5.41, 5.74) is 1.32. The molecule has 3 nitrogen and oxygen atoms in total. The van der Waals surface area contributed by atoms with Crippen LogP contribution >= 0.6 is 0 Å². The monoisotopic (exact) mass is 139 g/mol. The minimum absolute atomic E-state index is 0.0177. The first-order valence-electron chi connectivity index (χ1n) is 3.12. The third-order valence-electron chi connectivity index (χ3n) is 1.54. The van der Waals surface area contributed by atoms with Crippen LogP contribution in [0.2, 0.25) is 0 Å². The Bertz CT molecular complexity index is 228. The number of hydrogen-bond acceptors (Lipinski definition) is 2. The molecule has 0 bridgehead atoms. The molecule has 0 fully saturated rings. The first kappa shape index (κ1) is 6.99. The third kappa shape index (κ3) is 1.07. The van der Waals surface area contributed by atoms with Gasteiger partial charge in [-0.15, -0.1) is 0 Å². The van der Waals surface area contributed by atoms with Gasteiger partial charge in [-0.1, -0.05) is 0 Å². The summed E-state index contributed by atoms with van der Waals surface area (Å²) < 4.78 is 0. The molecule has 0 aliphatic carbocycles. The van der Waals surface area contributed by atoms with Crippen LogP contribution in [-0.4, -0.2) is 11.7 Å². The third-order valence-corrected chi connectivity index (χ3v) is 1.54. The van der Waals surface area contributed by atoms with Crippen LogP contribution in [0, 0.1) is 0 Å². The number of nitrogens with one attached hydrogen (secondary N) is 1. The van der Waals surface area contributed by atoms with Gasteiger partial charge in [0.25, 0.3) is 0 Å². The molecule has 0 saturated heterocycles. The molecule has 0 aromatic heterocycles. The molecule has 0 atom stereocenters. The molecule has 0 saturated carbocycles. The minimum Gasteiger partial charge on any atom is -0.329 e. The predicted molar refractivity (Wildman–Crippen MR) is 36.1 cm³/mol. The van der Waals surface area contributed by atoms with Gasteiger partial charge in [0.15, 0.2) is 5.78 Å². The molecule has 0 spiro atoms. The van der Waals surface area contributed by atoms with Crippen LogP contribution in [0.1, 0.15) is 20.3 Å². The van der Waals surface area contributed by atoms with Crippen LogP contribution in [0.15, 0.2) is 11.3 Å². The second-order valence-corrected chi connectivity index (χ2v) is 2.38. The molecule has 10 heavy (non-hydrogen) atoms. The number of Topliss-reactive ketones (excluding diaryl/α,β-unsaturated/α-hetero) is 1. The number of amides is 1. The fourth-order valence-electron chi connectivity index (χ4n) is 1.01. The lowest BCUT2D eigenvalue weighted by Crippen LogP contribution is -2.12. The number of hydrogen-bond donors (Lipinski definition) is 1. The van der Waals surface area contributed by atoms with Crippen molar-refractivity contribution in [3.8, 4) is 0 Å². The van der Waals surface area contributed by atoms with Crippen molar-refractivity contribution in [1.82, 2.24) is 5.32 Å². The first-order chi connectivity index (χ1) is 4.61. The zero-order chi connectivity index (χ0) is 7.72. The Morgan fingerprint density at radius 1 is 1.60 bits per heavy atom. The van der Waals surface area contributed by atoms with E-state index in [1.54, 1.807) is 6.92 Å². The lowest BCUT2D eigenvalue weighted by atomic mass is 10.1. The lowest BCUT2D eigenvalue weighted by molar-refractivity contribution is -0.120. The maximum atomic E-state index is 10.8. The van der Waals surface area contributed by atoms with Crippen LogP contribution in [0.4, 0.5) is 0 Å². The van der Waals surface area contributed by atoms with Crippen LogP contribution in [0.25, 0.3) is 0 Å². The molecule has 1 aliphatic rings. The van der Waals surface area contributed by atoms with Gasteiger partial charge in [-0.05, 0) is 13.8 Å². The molecule has 1 rings (SSSR count). The van der Waals surface area contributed by atoms with Gasteiger partial charge in [0, 0.05) is 11.3 Å². The van der Waals surface area contributed by atoms with Crippen molar-refractivity contribution in [1.29, 1.82) is 0 Å². The molecule has 1 N–H and O–H groups in total. The van der Waals surface area contributed by atoms with E-state index in [-0.39, 0.29) is 18.1 Å². The summed E-state index contributed by atoms with van der Waals surface area (Å²) in [6.07, 6.45) is 0.251.